The van der Waals surface area contributed by atoms with E-state index in [-0.39, 0.29) is 23.1 Å². The van der Waals surface area contributed by atoms with Crippen LogP contribution in [0, 0.1) is 5.92 Å². The second-order valence-corrected chi connectivity index (χ2v) is 7.47. The number of methoxy groups -OCH3 is 1. The van der Waals surface area contributed by atoms with E-state index in [0.29, 0.717) is 16.9 Å². The van der Waals surface area contributed by atoms with Gasteiger partial charge in [-0.25, -0.2) is 13.1 Å². The van der Waals surface area contributed by atoms with Crippen LogP contribution in [0.15, 0.2) is 27.6 Å². The van der Waals surface area contributed by atoms with Crippen LogP contribution in [0.5, 0.6) is 5.75 Å². The second kappa shape index (κ2) is 7.77. The molecule has 0 unspecified atom stereocenters. The van der Waals surface area contributed by atoms with Crippen LogP contribution in [0.3, 0.4) is 0 Å². The van der Waals surface area contributed by atoms with Crippen molar-refractivity contribution in [3.8, 4) is 5.75 Å². The molecule has 1 aromatic carbocycles. The molecule has 0 atom stereocenters. The van der Waals surface area contributed by atoms with Gasteiger partial charge in [-0.05, 0) is 24.1 Å². The maximum atomic E-state index is 12.2. The molecule has 21 heavy (non-hydrogen) atoms. The maximum Gasteiger partial charge on any atom is 0.244 e. The highest BCUT2D eigenvalue weighted by atomic mass is 79.9. The van der Waals surface area contributed by atoms with Crippen molar-refractivity contribution in [3.05, 3.63) is 22.7 Å². The van der Waals surface area contributed by atoms with Crippen molar-refractivity contribution in [2.75, 3.05) is 20.2 Å². The first-order valence-electron chi connectivity index (χ1n) is 6.36. The SMILES string of the molecule is COc1ccc(Br)cc1S(=O)(=O)NCC(=O)NCC(C)C. The van der Waals surface area contributed by atoms with E-state index in [1.54, 1.807) is 6.07 Å². The average molecular weight is 379 g/mol. The monoisotopic (exact) mass is 378 g/mol. The highest BCUT2D eigenvalue weighted by Gasteiger charge is 2.20. The zero-order chi connectivity index (χ0) is 16.0. The van der Waals surface area contributed by atoms with Gasteiger partial charge in [0.2, 0.25) is 15.9 Å². The smallest absolute Gasteiger partial charge is 0.244 e. The van der Waals surface area contributed by atoms with Crippen molar-refractivity contribution >= 4 is 31.9 Å². The largest absolute Gasteiger partial charge is 0.495 e. The average Bonchev–Trinajstić information content (AvgIpc) is 2.43. The molecule has 0 aliphatic heterocycles. The molecule has 2 N–H and O–H groups in total. The molecule has 8 heteroatoms. The van der Waals surface area contributed by atoms with E-state index in [9.17, 15) is 13.2 Å². The highest BCUT2D eigenvalue weighted by Crippen LogP contribution is 2.26. The number of hydrogen-bond acceptors (Lipinski definition) is 4. The summed E-state index contributed by atoms with van der Waals surface area (Å²) in [4.78, 5) is 11.6. The highest BCUT2D eigenvalue weighted by molar-refractivity contribution is 9.10. The van der Waals surface area contributed by atoms with Crippen LogP contribution in [0.2, 0.25) is 0 Å². The van der Waals surface area contributed by atoms with Crippen LogP contribution in [-0.4, -0.2) is 34.5 Å². The molecular formula is C13H19BrN2O4S. The van der Waals surface area contributed by atoms with Crippen LogP contribution in [0.25, 0.3) is 0 Å². The molecule has 6 nitrogen and oxygen atoms in total. The number of ether oxygens (including phenoxy) is 1. The fourth-order valence-electron chi connectivity index (χ4n) is 1.48. The van der Waals surface area contributed by atoms with E-state index in [2.05, 4.69) is 26.0 Å². The van der Waals surface area contributed by atoms with Gasteiger partial charge < -0.3 is 10.1 Å². The first kappa shape index (κ1) is 17.9. The number of carbonyl (C=O) groups is 1. The van der Waals surface area contributed by atoms with Crippen molar-refractivity contribution < 1.29 is 17.9 Å². The third-order valence-electron chi connectivity index (χ3n) is 2.55. The Morgan fingerprint density at radius 3 is 2.62 bits per heavy atom. The molecule has 0 bridgehead atoms. The van der Waals surface area contributed by atoms with Gasteiger partial charge in [-0.1, -0.05) is 29.8 Å². The molecule has 0 spiro atoms. The number of carbonyl (C=O) groups excluding carboxylic acids is 1. The molecule has 0 heterocycles. The topological polar surface area (TPSA) is 84.5 Å². The third-order valence-corrected chi connectivity index (χ3v) is 4.46. The van der Waals surface area contributed by atoms with E-state index in [1.807, 2.05) is 13.8 Å². The van der Waals surface area contributed by atoms with Gasteiger partial charge in [-0.2, -0.15) is 0 Å². The Kier molecular flexibility index (Phi) is 6.63. The summed E-state index contributed by atoms with van der Waals surface area (Å²) in [6.07, 6.45) is 0. The Hall–Kier alpha value is -1.12. The summed E-state index contributed by atoms with van der Waals surface area (Å²) < 4.78 is 32.3. The van der Waals surface area contributed by atoms with Gasteiger partial charge in [0, 0.05) is 11.0 Å². The summed E-state index contributed by atoms with van der Waals surface area (Å²) in [6.45, 7) is 4.10. The normalized spacial score (nSPS) is 11.5. The number of benzene rings is 1. The summed E-state index contributed by atoms with van der Waals surface area (Å²) in [5, 5.41) is 2.64. The molecule has 0 saturated carbocycles. The van der Waals surface area contributed by atoms with Crippen LogP contribution in [-0.2, 0) is 14.8 Å². The molecule has 0 fully saturated rings. The van der Waals surface area contributed by atoms with Gasteiger partial charge in [0.15, 0.2) is 0 Å². The summed E-state index contributed by atoms with van der Waals surface area (Å²) in [6, 6.07) is 4.64. The number of sulfonamides is 1. The summed E-state index contributed by atoms with van der Waals surface area (Å²) in [7, 11) is -2.44. The van der Waals surface area contributed by atoms with E-state index in [0.717, 1.165) is 0 Å². The molecule has 0 aromatic heterocycles. The minimum atomic E-state index is -3.82. The van der Waals surface area contributed by atoms with Crippen LogP contribution >= 0.6 is 15.9 Å². The first-order valence-corrected chi connectivity index (χ1v) is 8.63. The van der Waals surface area contributed by atoms with Crippen molar-refractivity contribution in [3.63, 3.8) is 0 Å². The molecule has 1 amide bonds. The van der Waals surface area contributed by atoms with Gasteiger partial charge in [-0.3, -0.25) is 4.79 Å². The van der Waals surface area contributed by atoms with E-state index in [4.69, 9.17) is 4.74 Å². The molecule has 1 rings (SSSR count). The molecule has 0 aliphatic carbocycles. The van der Waals surface area contributed by atoms with Gasteiger partial charge in [0.1, 0.15) is 10.6 Å². The Labute approximate surface area is 133 Å². The summed E-state index contributed by atoms with van der Waals surface area (Å²) >= 11 is 3.21. The van der Waals surface area contributed by atoms with Gasteiger partial charge in [-0.15, -0.1) is 0 Å². The number of hydrogen-bond donors (Lipinski definition) is 2. The molecular weight excluding hydrogens is 360 g/mol. The van der Waals surface area contributed by atoms with Crippen molar-refractivity contribution in [1.82, 2.24) is 10.0 Å². The first-order chi connectivity index (χ1) is 9.76. The fraction of sp³-hybridized carbons (Fsp3) is 0.462. The number of rotatable bonds is 7. The van der Waals surface area contributed by atoms with E-state index < -0.39 is 10.0 Å². The molecule has 0 radical (unpaired) electrons. The summed E-state index contributed by atoms with van der Waals surface area (Å²) in [5.74, 6) is 0.144. The Morgan fingerprint density at radius 1 is 1.38 bits per heavy atom. The number of halogens is 1. The number of amides is 1. The summed E-state index contributed by atoms with van der Waals surface area (Å²) in [5.41, 5.74) is 0. The number of nitrogens with one attached hydrogen (secondary N) is 2. The zero-order valence-electron chi connectivity index (χ0n) is 12.1. The van der Waals surface area contributed by atoms with Crippen molar-refractivity contribution in [1.29, 1.82) is 0 Å². The Morgan fingerprint density at radius 2 is 2.05 bits per heavy atom. The standard InChI is InChI=1S/C13H19BrN2O4S/c1-9(2)7-15-13(17)8-16-21(18,19)12-6-10(14)4-5-11(12)20-3/h4-6,9,16H,7-8H2,1-3H3,(H,15,17). The zero-order valence-corrected chi connectivity index (χ0v) is 14.5. The molecule has 1 aromatic rings. The molecule has 118 valence electrons. The van der Waals surface area contributed by atoms with Gasteiger partial charge in [0.05, 0.1) is 13.7 Å². The van der Waals surface area contributed by atoms with Crippen molar-refractivity contribution in [2.45, 2.75) is 18.7 Å². The van der Waals surface area contributed by atoms with Crippen LogP contribution < -0.4 is 14.8 Å². The predicted octanol–water partition coefficient (Wildman–Crippen LogP) is 1.51. The minimum Gasteiger partial charge on any atom is -0.495 e. The third kappa shape index (κ3) is 5.64. The van der Waals surface area contributed by atoms with E-state index >= 15 is 0 Å². The van der Waals surface area contributed by atoms with Crippen molar-refractivity contribution in [2.24, 2.45) is 5.92 Å². The predicted molar refractivity (Wildman–Crippen MR) is 83.7 cm³/mol. The molecule has 0 saturated heterocycles. The lowest BCUT2D eigenvalue weighted by Crippen LogP contribution is -2.38. The second-order valence-electron chi connectivity index (χ2n) is 4.82. The Balaban J connectivity index is 2.78. The van der Waals surface area contributed by atoms with Crippen LogP contribution in [0.4, 0.5) is 0 Å². The lowest BCUT2D eigenvalue weighted by atomic mass is 10.2. The lowest BCUT2D eigenvalue weighted by Gasteiger charge is -2.12. The fourth-order valence-corrected chi connectivity index (χ4v) is 3.17. The quantitative estimate of drug-likeness (QED) is 0.752. The van der Waals surface area contributed by atoms with Gasteiger partial charge >= 0.3 is 0 Å². The minimum absolute atomic E-state index is 0.0176. The Bertz CT molecular complexity index is 602. The van der Waals surface area contributed by atoms with E-state index in [1.165, 1.54) is 19.2 Å². The lowest BCUT2D eigenvalue weighted by molar-refractivity contribution is -0.120. The van der Waals surface area contributed by atoms with Gasteiger partial charge in [0.25, 0.3) is 0 Å². The molecule has 0 aliphatic rings. The van der Waals surface area contributed by atoms with Crippen LogP contribution in [0.1, 0.15) is 13.8 Å². The maximum absolute atomic E-state index is 12.2.